The van der Waals surface area contributed by atoms with E-state index in [2.05, 4.69) is 20.9 Å². The Labute approximate surface area is 134 Å². The van der Waals surface area contributed by atoms with Crippen LogP contribution in [0.5, 0.6) is 0 Å². The minimum atomic E-state index is -0.447. The second kappa shape index (κ2) is 6.04. The molecule has 102 valence electrons. The molecular weight excluding hydrogens is 365 g/mol. The SMILES string of the molecule is CC1=CC(=O)C(Cl)=C(Cl)C1=NC(=O)c1ccc(Br)cc1. The number of benzene rings is 1. The maximum atomic E-state index is 12.1. The first-order valence-electron chi connectivity index (χ1n) is 5.57. The molecule has 1 aromatic carbocycles. The number of aliphatic imine (C=N–C) groups is 1. The van der Waals surface area contributed by atoms with Crippen LogP contribution in [0.3, 0.4) is 0 Å². The molecule has 6 heteroatoms. The van der Waals surface area contributed by atoms with Crippen LogP contribution >= 0.6 is 39.1 Å². The highest BCUT2D eigenvalue weighted by Gasteiger charge is 2.23. The average molecular weight is 373 g/mol. The fraction of sp³-hybridized carbons (Fsp3) is 0.0714. The summed E-state index contributed by atoms with van der Waals surface area (Å²) in [5, 5.41) is -0.123. The van der Waals surface area contributed by atoms with Gasteiger partial charge in [-0.2, -0.15) is 0 Å². The molecule has 0 unspecified atom stereocenters. The highest BCUT2D eigenvalue weighted by molar-refractivity contribution is 9.10. The molecule has 1 aromatic rings. The minimum Gasteiger partial charge on any atom is -0.288 e. The number of nitrogens with zero attached hydrogens (tertiary/aromatic N) is 1. The largest absolute Gasteiger partial charge is 0.288 e. The molecule has 0 saturated heterocycles. The van der Waals surface area contributed by atoms with Crippen LogP contribution in [-0.4, -0.2) is 17.4 Å². The summed E-state index contributed by atoms with van der Waals surface area (Å²) in [7, 11) is 0. The van der Waals surface area contributed by atoms with E-state index in [1.165, 1.54) is 6.08 Å². The molecule has 0 saturated carbocycles. The Bertz CT molecular complexity index is 688. The Morgan fingerprint density at radius 2 is 1.75 bits per heavy atom. The van der Waals surface area contributed by atoms with E-state index in [1.54, 1.807) is 31.2 Å². The van der Waals surface area contributed by atoms with E-state index in [1.807, 2.05) is 0 Å². The van der Waals surface area contributed by atoms with Crippen LogP contribution in [0.15, 0.2) is 55.4 Å². The van der Waals surface area contributed by atoms with Crippen molar-refractivity contribution in [2.45, 2.75) is 6.92 Å². The van der Waals surface area contributed by atoms with Crippen molar-refractivity contribution >= 4 is 56.5 Å². The van der Waals surface area contributed by atoms with Crippen molar-refractivity contribution in [3.63, 3.8) is 0 Å². The van der Waals surface area contributed by atoms with Crippen molar-refractivity contribution in [1.29, 1.82) is 0 Å². The van der Waals surface area contributed by atoms with Gasteiger partial charge in [0.15, 0.2) is 5.78 Å². The van der Waals surface area contributed by atoms with Crippen molar-refractivity contribution in [2.24, 2.45) is 4.99 Å². The number of allylic oxidation sites excluding steroid dienone is 4. The maximum absolute atomic E-state index is 12.1. The lowest BCUT2D eigenvalue weighted by atomic mass is 10.0. The van der Waals surface area contributed by atoms with Crippen molar-refractivity contribution < 1.29 is 9.59 Å². The number of ketones is 1. The molecule has 0 aromatic heterocycles. The third-order valence-corrected chi connectivity index (χ3v) is 4.01. The van der Waals surface area contributed by atoms with E-state index in [4.69, 9.17) is 23.2 Å². The van der Waals surface area contributed by atoms with Crippen molar-refractivity contribution in [2.75, 3.05) is 0 Å². The predicted molar refractivity (Wildman–Crippen MR) is 83.4 cm³/mol. The summed E-state index contributed by atoms with van der Waals surface area (Å²) in [5.74, 6) is -0.832. The van der Waals surface area contributed by atoms with Crippen LogP contribution in [0, 0.1) is 0 Å². The van der Waals surface area contributed by atoms with Crippen LogP contribution in [0.4, 0.5) is 0 Å². The Morgan fingerprint density at radius 1 is 1.15 bits per heavy atom. The van der Waals surface area contributed by atoms with E-state index in [0.29, 0.717) is 11.1 Å². The molecule has 2 rings (SSSR count). The highest BCUT2D eigenvalue weighted by Crippen LogP contribution is 2.26. The quantitative estimate of drug-likeness (QED) is 0.692. The van der Waals surface area contributed by atoms with Crippen LogP contribution in [0.1, 0.15) is 17.3 Å². The Balaban J connectivity index is 2.40. The second-order valence-corrected chi connectivity index (χ2v) is 5.76. The molecule has 1 aliphatic rings. The Kier molecular flexibility index (Phi) is 4.58. The molecule has 0 atom stereocenters. The third kappa shape index (κ3) is 3.08. The summed E-state index contributed by atoms with van der Waals surface area (Å²) < 4.78 is 0.863. The van der Waals surface area contributed by atoms with Gasteiger partial charge in [0.1, 0.15) is 5.03 Å². The van der Waals surface area contributed by atoms with E-state index in [9.17, 15) is 9.59 Å². The van der Waals surface area contributed by atoms with Crippen LogP contribution in [0.2, 0.25) is 0 Å². The smallest absolute Gasteiger partial charge is 0.277 e. The Hall–Kier alpha value is -1.23. The van der Waals surface area contributed by atoms with E-state index in [0.717, 1.165) is 4.47 Å². The molecule has 20 heavy (non-hydrogen) atoms. The van der Waals surface area contributed by atoms with Gasteiger partial charge in [0.25, 0.3) is 5.91 Å². The maximum Gasteiger partial charge on any atom is 0.277 e. The summed E-state index contributed by atoms with van der Waals surface area (Å²) in [5.41, 5.74) is 1.16. The molecule has 3 nitrogen and oxygen atoms in total. The van der Waals surface area contributed by atoms with E-state index < -0.39 is 5.91 Å². The fourth-order valence-electron chi connectivity index (χ4n) is 1.61. The summed E-state index contributed by atoms with van der Waals surface area (Å²) >= 11 is 15.0. The number of hydrogen-bond acceptors (Lipinski definition) is 2. The zero-order valence-corrected chi connectivity index (χ0v) is 13.4. The number of hydrogen-bond donors (Lipinski definition) is 0. The number of carbonyl (C=O) groups is 2. The molecule has 0 bridgehead atoms. The van der Waals surface area contributed by atoms with Gasteiger partial charge in [-0.25, -0.2) is 4.99 Å². The molecule has 0 radical (unpaired) electrons. The van der Waals surface area contributed by atoms with Crippen LogP contribution in [-0.2, 0) is 4.79 Å². The first-order chi connectivity index (χ1) is 9.40. The lowest BCUT2D eigenvalue weighted by Gasteiger charge is -2.12. The number of halogens is 3. The third-order valence-electron chi connectivity index (χ3n) is 2.64. The first-order valence-corrected chi connectivity index (χ1v) is 7.12. The molecule has 0 N–H and O–H groups in total. The van der Waals surface area contributed by atoms with Gasteiger partial charge in [-0.15, -0.1) is 0 Å². The van der Waals surface area contributed by atoms with Crippen LogP contribution in [0.25, 0.3) is 0 Å². The molecule has 0 fully saturated rings. The number of rotatable bonds is 1. The number of carbonyl (C=O) groups excluding carboxylic acids is 2. The zero-order valence-electron chi connectivity index (χ0n) is 10.3. The normalized spacial score (nSPS) is 17.5. The van der Waals surface area contributed by atoms with Gasteiger partial charge in [-0.1, -0.05) is 39.1 Å². The predicted octanol–water partition coefficient (Wildman–Crippen LogP) is 4.25. The molecule has 1 amide bonds. The summed E-state index contributed by atoms with van der Waals surface area (Å²) in [4.78, 5) is 27.5. The second-order valence-electron chi connectivity index (χ2n) is 4.09. The summed E-state index contributed by atoms with van der Waals surface area (Å²) in [6.07, 6.45) is 1.31. The summed E-state index contributed by atoms with van der Waals surface area (Å²) in [6, 6.07) is 6.77. The van der Waals surface area contributed by atoms with Gasteiger partial charge in [-0.3, -0.25) is 9.59 Å². The lowest BCUT2D eigenvalue weighted by molar-refractivity contribution is -0.110. The molecule has 1 aliphatic carbocycles. The van der Waals surface area contributed by atoms with Gasteiger partial charge < -0.3 is 0 Å². The molecular formula is C14H8BrCl2NO2. The van der Waals surface area contributed by atoms with Crippen molar-refractivity contribution in [3.05, 3.63) is 56.0 Å². The standard InChI is InChI=1S/C14H8BrCl2NO2/c1-7-6-10(19)11(16)12(17)13(7)18-14(20)8-2-4-9(15)5-3-8/h2-6H,1H3. The topological polar surface area (TPSA) is 46.5 Å². The van der Waals surface area contributed by atoms with Gasteiger partial charge in [-0.05, 0) is 42.8 Å². The van der Waals surface area contributed by atoms with Crippen LogP contribution < -0.4 is 0 Å². The fourth-order valence-corrected chi connectivity index (χ4v) is 2.30. The molecule has 0 aliphatic heterocycles. The van der Waals surface area contributed by atoms with E-state index in [-0.39, 0.29) is 21.6 Å². The van der Waals surface area contributed by atoms with Gasteiger partial charge in [0.2, 0.25) is 0 Å². The minimum absolute atomic E-state index is 0.00197. The van der Waals surface area contributed by atoms with Gasteiger partial charge in [0.05, 0.1) is 10.7 Å². The molecule has 0 spiro atoms. The van der Waals surface area contributed by atoms with E-state index >= 15 is 0 Å². The lowest BCUT2D eigenvalue weighted by Crippen LogP contribution is -2.15. The monoisotopic (exact) mass is 371 g/mol. The van der Waals surface area contributed by atoms with Crippen molar-refractivity contribution in [3.8, 4) is 0 Å². The average Bonchev–Trinajstić information content (AvgIpc) is 2.42. The Morgan fingerprint density at radius 3 is 2.35 bits per heavy atom. The molecule has 0 heterocycles. The van der Waals surface area contributed by atoms with Gasteiger partial charge >= 0.3 is 0 Å². The van der Waals surface area contributed by atoms with Crippen molar-refractivity contribution in [1.82, 2.24) is 0 Å². The van der Waals surface area contributed by atoms with Gasteiger partial charge in [0, 0.05) is 10.0 Å². The first kappa shape index (κ1) is 15.2. The highest BCUT2D eigenvalue weighted by atomic mass is 79.9. The summed E-state index contributed by atoms with van der Waals surface area (Å²) in [6.45, 7) is 1.65. The zero-order chi connectivity index (χ0) is 14.9. The number of amides is 1.